The van der Waals surface area contributed by atoms with Crippen molar-refractivity contribution in [3.63, 3.8) is 0 Å². The third-order valence-electron chi connectivity index (χ3n) is 3.76. The van der Waals surface area contributed by atoms with Crippen LogP contribution in [-0.4, -0.2) is 50.4 Å². The zero-order chi connectivity index (χ0) is 14.4. The van der Waals surface area contributed by atoms with Gasteiger partial charge in [-0.1, -0.05) is 6.07 Å². The lowest BCUT2D eigenvalue weighted by atomic mass is 9.87. The molecule has 112 valence electrons. The maximum absolute atomic E-state index is 9.64. The second kappa shape index (κ2) is 7.62. The van der Waals surface area contributed by atoms with Gasteiger partial charge in [0.05, 0.1) is 13.2 Å². The fourth-order valence-electron chi connectivity index (χ4n) is 2.65. The molecule has 0 amide bonds. The van der Waals surface area contributed by atoms with Crippen LogP contribution in [0.3, 0.4) is 0 Å². The predicted molar refractivity (Wildman–Crippen MR) is 81.2 cm³/mol. The number of hydrogen-bond acceptors (Lipinski definition) is 4. The van der Waals surface area contributed by atoms with E-state index in [4.69, 9.17) is 4.74 Å². The molecule has 1 aromatic carbocycles. The molecular formula is C16H26N2O2. The van der Waals surface area contributed by atoms with Crippen LogP contribution in [0.25, 0.3) is 0 Å². The highest BCUT2D eigenvalue weighted by molar-refractivity contribution is 5.38. The van der Waals surface area contributed by atoms with Gasteiger partial charge >= 0.3 is 0 Å². The number of fused-ring (bicyclic) bond motifs is 1. The first-order chi connectivity index (χ1) is 9.66. The average molecular weight is 278 g/mol. The number of ether oxygens (including phenoxy) is 1. The summed E-state index contributed by atoms with van der Waals surface area (Å²) < 4.78 is 5.59. The third-order valence-corrected chi connectivity index (χ3v) is 3.76. The Morgan fingerprint density at radius 1 is 1.35 bits per heavy atom. The maximum Gasteiger partial charge on any atom is 0.115 e. The van der Waals surface area contributed by atoms with Crippen molar-refractivity contribution < 1.29 is 9.84 Å². The van der Waals surface area contributed by atoms with Gasteiger partial charge in [0.2, 0.25) is 0 Å². The van der Waals surface area contributed by atoms with Gasteiger partial charge in [-0.3, -0.25) is 0 Å². The summed E-state index contributed by atoms with van der Waals surface area (Å²) in [5.74, 6) is 0.361. The molecule has 4 heteroatoms. The lowest BCUT2D eigenvalue weighted by Gasteiger charge is -2.26. The molecule has 0 radical (unpaired) electrons. The minimum atomic E-state index is 0.350. The second-order valence-corrected chi connectivity index (χ2v) is 5.70. The Balaban J connectivity index is 1.76. The summed E-state index contributed by atoms with van der Waals surface area (Å²) in [6.07, 6.45) is 3.46. The van der Waals surface area contributed by atoms with E-state index in [0.29, 0.717) is 11.8 Å². The van der Waals surface area contributed by atoms with Crippen molar-refractivity contribution >= 4 is 0 Å². The Morgan fingerprint density at radius 3 is 3.00 bits per heavy atom. The summed E-state index contributed by atoms with van der Waals surface area (Å²) in [5.41, 5.74) is 2.62. The molecule has 1 aliphatic rings. The Hall–Kier alpha value is -1.10. The van der Waals surface area contributed by atoms with Crippen LogP contribution < -0.4 is 5.32 Å². The number of nitrogens with zero attached hydrogens (tertiary/aromatic N) is 1. The van der Waals surface area contributed by atoms with Crippen LogP contribution in [0.15, 0.2) is 18.2 Å². The molecular weight excluding hydrogens is 252 g/mol. The zero-order valence-corrected chi connectivity index (χ0v) is 12.6. The molecule has 4 nitrogen and oxygen atoms in total. The van der Waals surface area contributed by atoms with Crippen molar-refractivity contribution in [2.75, 3.05) is 40.4 Å². The smallest absolute Gasteiger partial charge is 0.115 e. The van der Waals surface area contributed by atoms with Crippen LogP contribution in [0, 0.1) is 0 Å². The molecule has 0 aromatic heterocycles. The minimum Gasteiger partial charge on any atom is -0.508 e. The monoisotopic (exact) mass is 278 g/mol. The van der Waals surface area contributed by atoms with E-state index in [1.807, 2.05) is 26.2 Å². The largest absolute Gasteiger partial charge is 0.508 e. The number of likely N-dealkylation sites (N-methyl/N-ethyl adjacent to an activating group) is 1. The zero-order valence-electron chi connectivity index (χ0n) is 12.6. The van der Waals surface area contributed by atoms with Gasteiger partial charge in [0.25, 0.3) is 0 Å². The number of rotatable bonds is 7. The van der Waals surface area contributed by atoms with Gasteiger partial charge in [-0.15, -0.1) is 0 Å². The lowest BCUT2D eigenvalue weighted by molar-refractivity contribution is 0.117. The molecule has 2 N–H and O–H groups in total. The lowest BCUT2D eigenvalue weighted by Crippen LogP contribution is -2.29. The van der Waals surface area contributed by atoms with Gasteiger partial charge in [0.15, 0.2) is 0 Å². The standard InChI is InChI=1S/C16H26N2O2/c1-18(2)9-11-20-10-8-17-16-5-3-4-13-6-7-14(19)12-15(13)16/h6-7,12,16-17,19H,3-5,8-11H2,1-2H3. The minimum absolute atomic E-state index is 0.350. The predicted octanol–water partition coefficient (Wildman–Crippen LogP) is 1.94. The SMILES string of the molecule is CN(C)CCOCCNC1CCCc2ccc(O)cc21. The number of benzene rings is 1. The van der Waals surface area contributed by atoms with Gasteiger partial charge in [-0.05, 0) is 56.6 Å². The molecule has 0 fully saturated rings. The van der Waals surface area contributed by atoms with Crippen LogP contribution >= 0.6 is 0 Å². The van der Waals surface area contributed by atoms with Crippen LogP contribution in [0.5, 0.6) is 5.75 Å². The highest BCUT2D eigenvalue weighted by Crippen LogP contribution is 2.31. The molecule has 20 heavy (non-hydrogen) atoms. The first kappa shape index (κ1) is 15.3. The van der Waals surface area contributed by atoms with Gasteiger partial charge < -0.3 is 20.1 Å². The average Bonchev–Trinajstić information content (AvgIpc) is 2.42. The van der Waals surface area contributed by atoms with Crippen molar-refractivity contribution in [3.8, 4) is 5.75 Å². The number of phenolic OH excluding ortho intramolecular Hbond substituents is 1. The number of phenols is 1. The van der Waals surface area contributed by atoms with Gasteiger partial charge in [-0.2, -0.15) is 0 Å². The fourth-order valence-corrected chi connectivity index (χ4v) is 2.65. The van der Waals surface area contributed by atoms with E-state index in [9.17, 15) is 5.11 Å². The van der Waals surface area contributed by atoms with E-state index in [0.717, 1.165) is 39.1 Å². The summed E-state index contributed by atoms with van der Waals surface area (Å²) in [6.45, 7) is 3.32. The van der Waals surface area contributed by atoms with E-state index >= 15 is 0 Å². The highest BCUT2D eigenvalue weighted by atomic mass is 16.5. The van der Waals surface area contributed by atoms with E-state index in [1.165, 1.54) is 17.5 Å². The fraction of sp³-hybridized carbons (Fsp3) is 0.625. The van der Waals surface area contributed by atoms with Gasteiger partial charge in [0.1, 0.15) is 5.75 Å². The first-order valence-corrected chi connectivity index (χ1v) is 7.44. The van der Waals surface area contributed by atoms with E-state index in [1.54, 1.807) is 6.07 Å². The summed E-state index contributed by atoms with van der Waals surface area (Å²) in [7, 11) is 4.10. The van der Waals surface area contributed by atoms with Crippen molar-refractivity contribution in [3.05, 3.63) is 29.3 Å². The quantitative estimate of drug-likeness (QED) is 0.748. The van der Waals surface area contributed by atoms with Crippen molar-refractivity contribution in [1.82, 2.24) is 10.2 Å². The molecule has 0 heterocycles. The van der Waals surface area contributed by atoms with Crippen LogP contribution in [0.2, 0.25) is 0 Å². The van der Waals surface area contributed by atoms with Gasteiger partial charge in [-0.25, -0.2) is 0 Å². The van der Waals surface area contributed by atoms with Crippen LogP contribution in [-0.2, 0) is 11.2 Å². The van der Waals surface area contributed by atoms with Crippen molar-refractivity contribution in [2.24, 2.45) is 0 Å². The molecule has 2 rings (SSSR count). The summed E-state index contributed by atoms with van der Waals surface area (Å²) >= 11 is 0. The highest BCUT2D eigenvalue weighted by Gasteiger charge is 2.19. The van der Waals surface area contributed by atoms with E-state index < -0.39 is 0 Å². The normalized spacial score (nSPS) is 18.2. The van der Waals surface area contributed by atoms with Crippen molar-refractivity contribution in [1.29, 1.82) is 0 Å². The van der Waals surface area contributed by atoms with Crippen LogP contribution in [0.1, 0.15) is 30.0 Å². The summed E-state index contributed by atoms with van der Waals surface area (Å²) in [5, 5.41) is 13.2. The first-order valence-electron chi connectivity index (χ1n) is 7.44. The van der Waals surface area contributed by atoms with Crippen molar-refractivity contribution in [2.45, 2.75) is 25.3 Å². The Bertz CT molecular complexity index is 421. The molecule has 0 saturated heterocycles. The number of aromatic hydroxyl groups is 1. The molecule has 0 spiro atoms. The molecule has 1 aromatic rings. The number of nitrogens with one attached hydrogen (secondary N) is 1. The Kier molecular flexibility index (Phi) is 5.83. The number of hydrogen-bond donors (Lipinski definition) is 2. The summed E-state index contributed by atoms with van der Waals surface area (Å²) in [4.78, 5) is 2.12. The molecule has 1 atom stereocenters. The molecule has 1 unspecified atom stereocenters. The van der Waals surface area contributed by atoms with Gasteiger partial charge in [0, 0.05) is 19.1 Å². The molecule has 0 aliphatic heterocycles. The maximum atomic E-state index is 9.64. The second-order valence-electron chi connectivity index (χ2n) is 5.70. The van der Waals surface area contributed by atoms with E-state index in [2.05, 4.69) is 10.2 Å². The third kappa shape index (κ3) is 4.47. The molecule has 1 aliphatic carbocycles. The molecule has 0 saturated carbocycles. The Morgan fingerprint density at radius 2 is 2.20 bits per heavy atom. The van der Waals surface area contributed by atoms with Crippen LogP contribution in [0.4, 0.5) is 0 Å². The van der Waals surface area contributed by atoms with E-state index in [-0.39, 0.29) is 0 Å². The Labute approximate surface area is 121 Å². The number of aryl methyl sites for hydroxylation is 1. The summed E-state index contributed by atoms with van der Waals surface area (Å²) in [6, 6.07) is 6.08. The molecule has 0 bridgehead atoms. The topological polar surface area (TPSA) is 44.7 Å².